The minimum Gasteiger partial charge on any atom is -0.480 e. The van der Waals surface area contributed by atoms with Crippen LogP contribution in [0.2, 0.25) is 5.15 Å². The van der Waals surface area contributed by atoms with Gasteiger partial charge in [-0.25, -0.2) is 15.0 Å². The second-order valence-corrected chi connectivity index (χ2v) is 6.71. The van der Waals surface area contributed by atoms with Gasteiger partial charge in [0.05, 0.1) is 19.0 Å². The zero-order chi connectivity index (χ0) is 18.8. The smallest absolute Gasteiger partial charge is 0.420 e. The third kappa shape index (κ3) is 5.27. The number of halogens is 4. The standard InChI is InChI=1S/C12H11ClF3N4O4P/c1-24-10-8(3-2-6(18-10)5-25(21,22)23)19-11-17-4-7(9(13)20-11)12(14,15)16/h2-4H,5H2,1H3,(H,17,19,20)(H2,21,22,23). The molecule has 0 aromatic carbocycles. The molecule has 0 spiro atoms. The largest absolute Gasteiger partial charge is 0.480 e. The fourth-order valence-corrected chi connectivity index (χ4v) is 2.59. The Hall–Kier alpha value is -1.94. The van der Waals surface area contributed by atoms with Crippen LogP contribution in [0, 0.1) is 0 Å². The molecule has 13 heteroatoms. The number of aromatic nitrogens is 3. The van der Waals surface area contributed by atoms with Crippen molar-refractivity contribution >= 4 is 30.8 Å². The van der Waals surface area contributed by atoms with Crippen LogP contribution in [0.4, 0.5) is 24.8 Å². The highest BCUT2D eigenvalue weighted by molar-refractivity contribution is 7.50. The molecule has 136 valence electrons. The van der Waals surface area contributed by atoms with E-state index < -0.39 is 30.7 Å². The average molecular weight is 399 g/mol. The Kier molecular flexibility index (Phi) is 5.52. The number of ether oxygens (including phenoxy) is 1. The Morgan fingerprint density at radius 3 is 2.52 bits per heavy atom. The summed E-state index contributed by atoms with van der Waals surface area (Å²) in [5.74, 6) is -0.286. The molecule has 0 unspecified atom stereocenters. The molecule has 0 atom stereocenters. The summed E-state index contributed by atoms with van der Waals surface area (Å²) in [6.07, 6.45) is -4.75. The van der Waals surface area contributed by atoms with Gasteiger partial charge in [0.2, 0.25) is 11.8 Å². The maximum absolute atomic E-state index is 12.6. The van der Waals surface area contributed by atoms with Gasteiger partial charge in [0.25, 0.3) is 0 Å². The van der Waals surface area contributed by atoms with E-state index in [1.54, 1.807) is 0 Å². The van der Waals surface area contributed by atoms with Gasteiger partial charge in [0.1, 0.15) is 16.4 Å². The van der Waals surface area contributed by atoms with Crippen molar-refractivity contribution in [1.29, 1.82) is 0 Å². The lowest BCUT2D eigenvalue weighted by Crippen LogP contribution is -2.09. The summed E-state index contributed by atoms with van der Waals surface area (Å²) in [6, 6.07) is 2.68. The van der Waals surface area contributed by atoms with Gasteiger partial charge in [-0.2, -0.15) is 13.2 Å². The summed E-state index contributed by atoms with van der Waals surface area (Å²) >= 11 is 5.51. The average Bonchev–Trinajstić information content (AvgIpc) is 2.46. The number of alkyl halides is 3. The third-order valence-corrected chi connectivity index (χ3v) is 3.80. The van der Waals surface area contributed by atoms with Crippen molar-refractivity contribution in [3.63, 3.8) is 0 Å². The number of pyridine rings is 1. The number of hydrogen-bond acceptors (Lipinski definition) is 6. The lowest BCUT2D eigenvalue weighted by molar-refractivity contribution is -0.137. The van der Waals surface area contributed by atoms with E-state index in [0.717, 1.165) is 0 Å². The molecule has 0 amide bonds. The van der Waals surface area contributed by atoms with Gasteiger partial charge in [-0.15, -0.1) is 0 Å². The maximum atomic E-state index is 12.6. The molecular weight excluding hydrogens is 388 g/mol. The van der Waals surface area contributed by atoms with Crippen LogP contribution in [-0.4, -0.2) is 31.8 Å². The number of nitrogens with one attached hydrogen (secondary N) is 1. The molecule has 25 heavy (non-hydrogen) atoms. The lowest BCUT2D eigenvalue weighted by Gasteiger charge is -2.12. The summed E-state index contributed by atoms with van der Waals surface area (Å²) in [7, 11) is -3.06. The molecular formula is C12H11ClF3N4O4P. The molecule has 2 heterocycles. The van der Waals surface area contributed by atoms with Crippen molar-refractivity contribution in [3.8, 4) is 5.88 Å². The number of rotatable bonds is 5. The first kappa shape index (κ1) is 19.4. The molecule has 0 fully saturated rings. The van der Waals surface area contributed by atoms with E-state index in [2.05, 4.69) is 20.3 Å². The lowest BCUT2D eigenvalue weighted by atomic mass is 10.3. The van der Waals surface area contributed by atoms with Crippen LogP contribution < -0.4 is 10.1 Å². The van der Waals surface area contributed by atoms with E-state index in [-0.39, 0.29) is 23.2 Å². The maximum Gasteiger partial charge on any atom is 0.420 e. The van der Waals surface area contributed by atoms with Crippen molar-refractivity contribution in [2.75, 3.05) is 12.4 Å². The van der Waals surface area contributed by atoms with Gasteiger partial charge < -0.3 is 19.8 Å². The van der Waals surface area contributed by atoms with Gasteiger partial charge in [-0.3, -0.25) is 4.57 Å². The Balaban J connectivity index is 2.28. The predicted molar refractivity (Wildman–Crippen MR) is 81.9 cm³/mol. The first-order chi connectivity index (χ1) is 11.5. The van der Waals surface area contributed by atoms with Gasteiger partial charge in [-0.1, -0.05) is 11.6 Å². The summed E-state index contributed by atoms with van der Waals surface area (Å²) in [6.45, 7) is 0. The molecule has 0 bridgehead atoms. The molecule has 8 nitrogen and oxygen atoms in total. The summed E-state index contributed by atoms with van der Waals surface area (Å²) in [5, 5.41) is 1.80. The topological polar surface area (TPSA) is 117 Å². The molecule has 0 aliphatic carbocycles. The van der Waals surface area contributed by atoms with Crippen molar-refractivity contribution in [3.05, 3.63) is 34.7 Å². The van der Waals surface area contributed by atoms with Gasteiger partial charge >= 0.3 is 13.8 Å². The van der Waals surface area contributed by atoms with Crippen LogP contribution in [0.15, 0.2) is 18.3 Å². The summed E-state index contributed by atoms with van der Waals surface area (Å²) in [5.41, 5.74) is -0.934. The Morgan fingerprint density at radius 1 is 1.32 bits per heavy atom. The van der Waals surface area contributed by atoms with Crippen LogP contribution in [-0.2, 0) is 16.9 Å². The van der Waals surface area contributed by atoms with Crippen LogP contribution in [0.3, 0.4) is 0 Å². The zero-order valence-corrected chi connectivity index (χ0v) is 14.1. The Morgan fingerprint density at radius 2 is 2.00 bits per heavy atom. The fourth-order valence-electron chi connectivity index (χ4n) is 1.76. The quantitative estimate of drug-likeness (QED) is 0.520. The molecule has 0 aliphatic heterocycles. The highest BCUT2D eigenvalue weighted by Crippen LogP contribution is 2.39. The molecule has 0 aliphatic rings. The van der Waals surface area contributed by atoms with E-state index in [1.807, 2.05) is 0 Å². The first-order valence-electron chi connectivity index (χ1n) is 6.45. The monoisotopic (exact) mass is 398 g/mol. The number of hydrogen-bond donors (Lipinski definition) is 3. The second kappa shape index (κ2) is 7.12. The van der Waals surface area contributed by atoms with Crippen molar-refractivity contribution in [2.45, 2.75) is 12.3 Å². The van der Waals surface area contributed by atoms with Crippen LogP contribution in [0.25, 0.3) is 0 Å². The van der Waals surface area contributed by atoms with Gasteiger partial charge in [-0.05, 0) is 12.1 Å². The van der Waals surface area contributed by atoms with Crippen LogP contribution in [0.5, 0.6) is 5.88 Å². The minimum atomic E-state index is -4.68. The van der Waals surface area contributed by atoms with Crippen molar-refractivity contribution in [1.82, 2.24) is 15.0 Å². The van der Waals surface area contributed by atoms with Crippen LogP contribution in [0.1, 0.15) is 11.3 Å². The van der Waals surface area contributed by atoms with Crippen molar-refractivity contribution in [2.24, 2.45) is 0 Å². The van der Waals surface area contributed by atoms with E-state index in [4.69, 9.17) is 26.1 Å². The molecule has 3 N–H and O–H groups in total. The van der Waals surface area contributed by atoms with Crippen LogP contribution >= 0.6 is 19.2 Å². The van der Waals surface area contributed by atoms with E-state index in [1.165, 1.54) is 19.2 Å². The number of nitrogens with zero attached hydrogens (tertiary/aromatic N) is 3. The van der Waals surface area contributed by atoms with Crippen molar-refractivity contribution < 1.29 is 32.3 Å². The predicted octanol–water partition coefficient (Wildman–Crippen LogP) is 2.97. The first-order valence-corrected chi connectivity index (χ1v) is 8.62. The third-order valence-electron chi connectivity index (χ3n) is 2.77. The highest BCUT2D eigenvalue weighted by atomic mass is 35.5. The number of anilines is 2. The molecule has 0 radical (unpaired) electrons. The number of methoxy groups -OCH3 is 1. The molecule has 2 aromatic rings. The SMILES string of the molecule is COc1nc(CP(=O)(O)O)ccc1Nc1ncc(C(F)(F)F)c(Cl)n1. The van der Waals surface area contributed by atoms with E-state index in [0.29, 0.717) is 6.20 Å². The molecule has 0 saturated carbocycles. The van der Waals surface area contributed by atoms with E-state index >= 15 is 0 Å². The summed E-state index contributed by atoms with van der Waals surface area (Å²) < 4.78 is 53.9. The summed E-state index contributed by atoms with van der Waals surface area (Å²) in [4.78, 5) is 28.8. The fraction of sp³-hybridized carbons (Fsp3) is 0.250. The molecule has 0 saturated heterocycles. The molecule has 2 rings (SSSR count). The van der Waals surface area contributed by atoms with Gasteiger partial charge in [0.15, 0.2) is 0 Å². The zero-order valence-electron chi connectivity index (χ0n) is 12.5. The normalized spacial score (nSPS) is 12.1. The second-order valence-electron chi connectivity index (χ2n) is 4.70. The highest BCUT2D eigenvalue weighted by Gasteiger charge is 2.34. The van der Waals surface area contributed by atoms with E-state index in [9.17, 15) is 17.7 Å². The minimum absolute atomic E-state index is 0.0504. The Bertz CT molecular complexity index is 830. The van der Waals surface area contributed by atoms with Gasteiger partial charge in [0, 0.05) is 6.20 Å². The molecule has 2 aromatic heterocycles. The Labute approximate surface area is 144 Å².